The molecule has 3 heteroatoms. The molecule has 0 aromatic heterocycles. The Bertz CT molecular complexity index is 688. The fourth-order valence-electron chi connectivity index (χ4n) is 3.18. The molecule has 0 spiro atoms. The maximum absolute atomic E-state index is 11.5. The zero-order chi connectivity index (χ0) is 15.5. The normalized spacial score (nSPS) is 14.9. The molecule has 1 aliphatic rings. The van der Waals surface area contributed by atoms with Gasteiger partial charge in [-0.3, -0.25) is 4.79 Å². The van der Waals surface area contributed by atoms with Gasteiger partial charge in [0.15, 0.2) is 6.29 Å². The van der Waals surface area contributed by atoms with Crippen LogP contribution in [0.5, 0.6) is 0 Å². The predicted molar refractivity (Wildman–Crippen MR) is 89.8 cm³/mol. The van der Waals surface area contributed by atoms with Crippen molar-refractivity contribution in [3.8, 4) is 11.1 Å². The van der Waals surface area contributed by atoms with Gasteiger partial charge in [0.2, 0.25) is 0 Å². The fourth-order valence-corrected chi connectivity index (χ4v) is 3.18. The molecule has 0 radical (unpaired) electrons. The molecule has 3 rings (SSSR count). The van der Waals surface area contributed by atoms with E-state index in [1.165, 1.54) is 16.8 Å². The average molecular weight is 295 g/mol. The zero-order valence-electron chi connectivity index (χ0n) is 13.1. The zero-order valence-corrected chi connectivity index (χ0v) is 13.1. The lowest BCUT2D eigenvalue weighted by atomic mass is 9.90. The molecule has 2 aromatic carbocycles. The minimum atomic E-state index is 0.752. The van der Waals surface area contributed by atoms with Gasteiger partial charge in [0.1, 0.15) is 0 Å². The number of benzene rings is 2. The number of rotatable bonds is 3. The van der Waals surface area contributed by atoms with Crippen molar-refractivity contribution in [3.05, 3.63) is 53.1 Å². The lowest BCUT2D eigenvalue weighted by Crippen LogP contribution is -2.36. The van der Waals surface area contributed by atoms with Crippen LogP contribution >= 0.6 is 0 Å². The number of hydrogen-bond acceptors (Lipinski definition) is 3. The summed E-state index contributed by atoms with van der Waals surface area (Å²) in [5.74, 6) is 0. The quantitative estimate of drug-likeness (QED) is 0.810. The minimum Gasteiger partial charge on any atom is -0.378 e. The Morgan fingerprint density at radius 1 is 0.955 bits per heavy atom. The summed E-state index contributed by atoms with van der Waals surface area (Å²) in [4.78, 5) is 13.9. The van der Waals surface area contributed by atoms with Crippen LogP contribution in [0.2, 0.25) is 0 Å². The smallest absolute Gasteiger partial charge is 0.150 e. The molecule has 0 aliphatic carbocycles. The number of morpholine rings is 1. The van der Waals surface area contributed by atoms with Crippen molar-refractivity contribution in [2.24, 2.45) is 0 Å². The van der Waals surface area contributed by atoms with Crippen molar-refractivity contribution in [3.63, 3.8) is 0 Å². The van der Waals surface area contributed by atoms with E-state index >= 15 is 0 Å². The Morgan fingerprint density at radius 3 is 2.27 bits per heavy atom. The summed E-state index contributed by atoms with van der Waals surface area (Å²) in [6.07, 6.45) is 0.956. The number of hydrogen-bond donors (Lipinski definition) is 0. The van der Waals surface area contributed by atoms with E-state index in [-0.39, 0.29) is 0 Å². The van der Waals surface area contributed by atoms with Gasteiger partial charge in [-0.25, -0.2) is 0 Å². The molecule has 1 fully saturated rings. The highest BCUT2D eigenvalue weighted by Gasteiger charge is 2.19. The predicted octanol–water partition coefficient (Wildman–Crippen LogP) is 3.62. The van der Waals surface area contributed by atoms with Crippen LogP contribution in [-0.4, -0.2) is 32.6 Å². The standard InChI is InChI=1S/C19H21NO2/c1-14-5-3-7-16(13-21)18(14)19-15(2)6-4-8-17(19)20-9-11-22-12-10-20/h3-8,13H,9-12H2,1-2H3. The third kappa shape index (κ3) is 2.64. The van der Waals surface area contributed by atoms with Gasteiger partial charge in [-0.05, 0) is 36.6 Å². The number of anilines is 1. The minimum absolute atomic E-state index is 0.752. The average Bonchev–Trinajstić information content (AvgIpc) is 2.56. The number of carbonyl (C=O) groups excluding carboxylic acids is 1. The monoisotopic (exact) mass is 295 g/mol. The van der Waals surface area contributed by atoms with Gasteiger partial charge in [-0.1, -0.05) is 30.3 Å². The molecule has 0 unspecified atom stereocenters. The lowest BCUT2D eigenvalue weighted by molar-refractivity contribution is 0.112. The van der Waals surface area contributed by atoms with Crippen molar-refractivity contribution in [1.29, 1.82) is 0 Å². The topological polar surface area (TPSA) is 29.5 Å². The van der Waals surface area contributed by atoms with Crippen LogP contribution in [0, 0.1) is 13.8 Å². The van der Waals surface area contributed by atoms with Gasteiger partial charge < -0.3 is 9.64 Å². The summed E-state index contributed by atoms with van der Waals surface area (Å²) in [6.45, 7) is 7.46. The molecule has 1 saturated heterocycles. The van der Waals surface area contributed by atoms with E-state index < -0.39 is 0 Å². The highest BCUT2D eigenvalue weighted by atomic mass is 16.5. The Balaban J connectivity index is 2.20. The van der Waals surface area contributed by atoms with E-state index in [1.807, 2.05) is 12.1 Å². The first kappa shape index (κ1) is 14.8. The van der Waals surface area contributed by atoms with Crippen LogP contribution in [0.1, 0.15) is 21.5 Å². The largest absolute Gasteiger partial charge is 0.378 e. The lowest BCUT2D eigenvalue weighted by Gasteiger charge is -2.32. The van der Waals surface area contributed by atoms with E-state index in [0.29, 0.717) is 0 Å². The second-order valence-electron chi connectivity index (χ2n) is 5.73. The Morgan fingerprint density at radius 2 is 1.59 bits per heavy atom. The molecule has 1 heterocycles. The van der Waals surface area contributed by atoms with Crippen LogP contribution in [-0.2, 0) is 4.74 Å². The first-order chi connectivity index (χ1) is 10.7. The third-order valence-corrected chi connectivity index (χ3v) is 4.28. The number of carbonyl (C=O) groups is 1. The molecular formula is C19H21NO2. The summed E-state index contributed by atoms with van der Waals surface area (Å²) < 4.78 is 5.47. The molecule has 2 aromatic rings. The summed E-state index contributed by atoms with van der Waals surface area (Å²) in [7, 11) is 0. The summed E-state index contributed by atoms with van der Waals surface area (Å²) >= 11 is 0. The number of aryl methyl sites for hydroxylation is 2. The van der Waals surface area contributed by atoms with Crippen LogP contribution in [0.4, 0.5) is 5.69 Å². The molecule has 114 valence electrons. The Kier molecular flexibility index (Phi) is 4.25. The van der Waals surface area contributed by atoms with E-state index in [4.69, 9.17) is 4.74 Å². The molecule has 0 bridgehead atoms. The van der Waals surface area contributed by atoms with E-state index in [0.717, 1.165) is 49.3 Å². The molecule has 22 heavy (non-hydrogen) atoms. The highest BCUT2D eigenvalue weighted by Crippen LogP contribution is 2.37. The Hall–Kier alpha value is -2.13. The van der Waals surface area contributed by atoms with Crippen LogP contribution in [0.15, 0.2) is 36.4 Å². The SMILES string of the molecule is Cc1cccc(C=O)c1-c1c(C)cccc1N1CCOCC1. The molecule has 0 atom stereocenters. The molecule has 3 nitrogen and oxygen atoms in total. The molecule has 0 N–H and O–H groups in total. The van der Waals surface area contributed by atoms with Crippen molar-refractivity contribution >= 4 is 12.0 Å². The van der Waals surface area contributed by atoms with Gasteiger partial charge in [0.25, 0.3) is 0 Å². The first-order valence-corrected chi connectivity index (χ1v) is 7.70. The van der Waals surface area contributed by atoms with E-state index in [2.05, 4.69) is 43.0 Å². The molecule has 0 saturated carbocycles. The first-order valence-electron chi connectivity index (χ1n) is 7.70. The van der Waals surface area contributed by atoms with Gasteiger partial charge in [0, 0.05) is 29.9 Å². The van der Waals surface area contributed by atoms with E-state index in [1.54, 1.807) is 0 Å². The molecule has 0 amide bonds. The maximum Gasteiger partial charge on any atom is 0.150 e. The Labute approximate surface area is 131 Å². The third-order valence-electron chi connectivity index (χ3n) is 4.28. The van der Waals surface area contributed by atoms with Crippen molar-refractivity contribution in [2.75, 3.05) is 31.2 Å². The highest BCUT2D eigenvalue weighted by molar-refractivity contribution is 5.94. The number of nitrogens with zero attached hydrogens (tertiary/aromatic N) is 1. The van der Waals surface area contributed by atoms with Crippen LogP contribution < -0.4 is 4.90 Å². The van der Waals surface area contributed by atoms with Gasteiger partial charge in [0.05, 0.1) is 13.2 Å². The second kappa shape index (κ2) is 6.32. The van der Waals surface area contributed by atoms with Crippen molar-refractivity contribution in [2.45, 2.75) is 13.8 Å². The maximum atomic E-state index is 11.5. The fraction of sp³-hybridized carbons (Fsp3) is 0.316. The van der Waals surface area contributed by atoms with Crippen LogP contribution in [0.25, 0.3) is 11.1 Å². The van der Waals surface area contributed by atoms with Crippen molar-refractivity contribution < 1.29 is 9.53 Å². The summed E-state index contributed by atoms with van der Waals surface area (Å²) in [5, 5.41) is 0. The number of ether oxygens (including phenoxy) is 1. The molecule has 1 aliphatic heterocycles. The summed E-state index contributed by atoms with van der Waals surface area (Å²) in [6, 6.07) is 12.2. The second-order valence-corrected chi connectivity index (χ2v) is 5.73. The van der Waals surface area contributed by atoms with Gasteiger partial charge in [-0.15, -0.1) is 0 Å². The van der Waals surface area contributed by atoms with Gasteiger partial charge in [-0.2, -0.15) is 0 Å². The van der Waals surface area contributed by atoms with Gasteiger partial charge >= 0.3 is 0 Å². The van der Waals surface area contributed by atoms with Crippen LogP contribution in [0.3, 0.4) is 0 Å². The van der Waals surface area contributed by atoms with E-state index in [9.17, 15) is 4.79 Å². The summed E-state index contributed by atoms with van der Waals surface area (Å²) in [5.41, 5.74) is 6.50. The number of aldehydes is 1. The molecular weight excluding hydrogens is 274 g/mol. The van der Waals surface area contributed by atoms with Crippen molar-refractivity contribution in [1.82, 2.24) is 0 Å².